The van der Waals surface area contributed by atoms with E-state index in [9.17, 15) is 45.3 Å². The van der Waals surface area contributed by atoms with Crippen LogP contribution in [0.4, 0.5) is 49.7 Å². The molecule has 21 heteroatoms. The average molecular weight is 879 g/mol. The largest absolute Gasteiger partial charge is 0.508 e. The molecular formula is C40H40F10N4O7. The van der Waals surface area contributed by atoms with E-state index in [2.05, 4.69) is 9.88 Å². The Morgan fingerprint density at radius 3 is 2.15 bits per heavy atom. The Morgan fingerprint density at radius 2 is 1.54 bits per heavy atom. The number of halogens is 10. The highest BCUT2D eigenvalue weighted by atomic mass is 19.4. The van der Waals surface area contributed by atoms with E-state index in [1.165, 1.54) is 30.3 Å². The van der Waals surface area contributed by atoms with Gasteiger partial charge >= 0.3 is 30.3 Å². The second-order valence-electron chi connectivity index (χ2n) is 15.8. The molecule has 4 fully saturated rings. The first-order valence-corrected chi connectivity index (χ1v) is 19.2. The van der Waals surface area contributed by atoms with E-state index < -0.39 is 59.0 Å². The number of hydrogen-bond acceptors (Lipinski definition) is 9. The lowest BCUT2D eigenvalue weighted by atomic mass is 9.62. The van der Waals surface area contributed by atoms with Crippen molar-refractivity contribution in [2.45, 2.75) is 88.5 Å². The fraction of sp³-hybridized carbons (Fsp3) is 0.500. The molecule has 4 aromatic rings. The number of carbonyl (C=O) groups is 2. The summed E-state index contributed by atoms with van der Waals surface area (Å²) in [6.07, 6.45) is -6.07. The van der Waals surface area contributed by atoms with Gasteiger partial charge in [0.15, 0.2) is 5.82 Å². The molecule has 4 heterocycles. The van der Waals surface area contributed by atoms with E-state index >= 15 is 8.78 Å². The van der Waals surface area contributed by atoms with E-state index in [1.807, 2.05) is 4.90 Å². The van der Waals surface area contributed by atoms with Gasteiger partial charge in [-0.1, -0.05) is 13.0 Å². The molecule has 1 aromatic heterocycles. The minimum atomic E-state index is -5.08. The van der Waals surface area contributed by atoms with Gasteiger partial charge in [-0.2, -0.15) is 36.3 Å². The Hall–Kier alpha value is -5.18. The first-order chi connectivity index (χ1) is 28.5. The number of aryl methyl sites for hydroxylation is 1. The van der Waals surface area contributed by atoms with E-state index in [4.69, 9.17) is 29.5 Å². The van der Waals surface area contributed by atoms with Crippen molar-refractivity contribution < 1.29 is 78.7 Å². The van der Waals surface area contributed by atoms with Crippen molar-refractivity contribution in [3.05, 3.63) is 53.3 Å². The lowest BCUT2D eigenvalue weighted by molar-refractivity contribution is -0.193. The lowest BCUT2D eigenvalue weighted by Crippen LogP contribution is -2.52. The number of carboxylic acids is 2. The quantitative estimate of drug-likeness (QED) is 0.139. The highest BCUT2D eigenvalue weighted by Gasteiger charge is 2.50. The molecule has 2 atom stereocenters. The zero-order valence-corrected chi connectivity index (χ0v) is 32.3. The second kappa shape index (κ2) is 16.9. The fourth-order valence-electron chi connectivity index (χ4n) is 9.06. The maximum atomic E-state index is 17.0. The van der Waals surface area contributed by atoms with Crippen LogP contribution in [0.5, 0.6) is 11.8 Å². The van der Waals surface area contributed by atoms with Crippen LogP contribution in [0.1, 0.15) is 57.4 Å². The van der Waals surface area contributed by atoms with Crippen LogP contribution in [0.2, 0.25) is 0 Å². The maximum absolute atomic E-state index is 17.0. The van der Waals surface area contributed by atoms with Gasteiger partial charge in [0.2, 0.25) is 0 Å². The summed E-state index contributed by atoms with van der Waals surface area (Å²) in [5, 5.41) is 35.9. The van der Waals surface area contributed by atoms with Crippen molar-refractivity contribution >= 4 is 39.4 Å². The summed E-state index contributed by atoms with van der Waals surface area (Å²) >= 11 is 0. The van der Waals surface area contributed by atoms with Gasteiger partial charge in [0.25, 0.3) is 0 Å². The predicted molar refractivity (Wildman–Crippen MR) is 198 cm³/mol. The average Bonchev–Trinajstić information content (AvgIpc) is 3.69. The predicted octanol–water partition coefficient (Wildman–Crippen LogP) is 8.10. The Morgan fingerprint density at radius 1 is 0.902 bits per heavy atom. The molecule has 1 aliphatic carbocycles. The molecule has 3 aliphatic heterocycles. The normalized spacial score (nSPS) is 23.8. The van der Waals surface area contributed by atoms with Gasteiger partial charge in [-0.25, -0.2) is 27.2 Å². The van der Waals surface area contributed by atoms with Gasteiger partial charge in [-0.05, 0) is 103 Å². The highest BCUT2D eigenvalue weighted by molar-refractivity contribution is 6.03. The first kappa shape index (κ1) is 45.3. The topological polar surface area (TPSA) is 157 Å². The molecule has 3 saturated heterocycles. The molecular weight excluding hydrogens is 838 g/mol. The van der Waals surface area contributed by atoms with Crippen molar-refractivity contribution in [3.63, 3.8) is 0 Å². The van der Waals surface area contributed by atoms with Gasteiger partial charge in [0.1, 0.15) is 41.5 Å². The Bertz CT molecular complexity index is 2290. The molecule has 0 radical (unpaired) electrons. The van der Waals surface area contributed by atoms with Crippen LogP contribution in [0, 0.1) is 22.9 Å². The van der Waals surface area contributed by atoms with Crippen LogP contribution in [0.15, 0.2) is 30.3 Å². The number of aliphatic carboxylic acids is 2. The van der Waals surface area contributed by atoms with E-state index in [0.717, 1.165) is 32.2 Å². The number of alkyl halides is 7. The minimum Gasteiger partial charge on any atom is -0.508 e. The number of aliphatic hydroxyl groups is 1. The standard InChI is InChI=1S/C36H38F4N4O3.2C2HF3O2/c1-2-24-27(38)6-5-20-11-22(45)12-25(29(20)24)30-28(39)13-26-32(31(30)40)41-34(47-19-36-8-4-10-44(36)17-21(37)14-36)42-33(26)43-9-3-7-35(18-43)15-23(46)16-35;2*3-2(4,5)1(6)7/h5-6,11-13,21,23,45-46H,2-4,7-10,14-19H2,1H3;2*(H,6,7)/t21-,23?,35?,36+;;/m1../s1. The van der Waals surface area contributed by atoms with Crippen molar-refractivity contribution in [2.75, 3.05) is 37.7 Å². The van der Waals surface area contributed by atoms with Crippen molar-refractivity contribution in [1.29, 1.82) is 0 Å². The molecule has 4 aliphatic rings. The molecule has 1 saturated carbocycles. The number of aliphatic hydroxyl groups excluding tert-OH is 1. The summed E-state index contributed by atoms with van der Waals surface area (Å²) in [6.45, 7) is 4.21. The van der Waals surface area contributed by atoms with Crippen LogP contribution in [-0.2, 0) is 16.0 Å². The summed E-state index contributed by atoms with van der Waals surface area (Å²) in [4.78, 5) is 31.2. The molecule has 4 N–H and O–H groups in total. The molecule has 8 rings (SSSR count). The van der Waals surface area contributed by atoms with Crippen LogP contribution >= 0.6 is 0 Å². The number of anilines is 1. The number of fused-ring (bicyclic) bond motifs is 3. The van der Waals surface area contributed by atoms with E-state index in [1.54, 1.807) is 6.92 Å². The number of nitrogens with zero attached hydrogens (tertiary/aromatic N) is 4. The molecule has 0 unspecified atom stereocenters. The van der Waals surface area contributed by atoms with Crippen LogP contribution in [0.25, 0.3) is 32.8 Å². The number of aromatic hydroxyl groups is 1. The van der Waals surface area contributed by atoms with Crippen LogP contribution in [-0.4, -0.2) is 110 Å². The number of piperidine rings is 1. The molecule has 3 aromatic carbocycles. The summed E-state index contributed by atoms with van der Waals surface area (Å²) in [5.74, 6) is -7.75. The van der Waals surface area contributed by atoms with Crippen LogP contribution < -0.4 is 9.64 Å². The number of carboxylic acid groups (broad SMARTS) is 2. The summed E-state index contributed by atoms with van der Waals surface area (Å²) in [6, 6.07) is 6.60. The van der Waals surface area contributed by atoms with Gasteiger partial charge < -0.3 is 30.1 Å². The minimum absolute atomic E-state index is 0.0247. The zero-order chi connectivity index (χ0) is 44.8. The Balaban J connectivity index is 0.000000385. The molecule has 11 nitrogen and oxygen atoms in total. The van der Waals surface area contributed by atoms with Gasteiger partial charge in [0.05, 0.1) is 17.2 Å². The van der Waals surface area contributed by atoms with Crippen molar-refractivity contribution in [3.8, 4) is 22.9 Å². The molecule has 332 valence electrons. The number of hydrogen-bond donors (Lipinski definition) is 4. The third-order valence-corrected chi connectivity index (χ3v) is 11.6. The number of benzene rings is 3. The smallest absolute Gasteiger partial charge is 0.490 e. The van der Waals surface area contributed by atoms with Crippen LogP contribution in [0.3, 0.4) is 0 Å². The summed E-state index contributed by atoms with van der Waals surface area (Å²) < 4.78 is 132. The van der Waals surface area contributed by atoms with Gasteiger partial charge in [0, 0.05) is 31.4 Å². The second-order valence-corrected chi connectivity index (χ2v) is 15.8. The lowest BCUT2D eigenvalue weighted by Gasteiger charge is -2.51. The highest BCUT2D eigenvalue weighted by Crippen LogP contribution is 2.49. The van der Waals surface area contributed by atoms with E-state index in [-0.39, 0.29) is 58.3 Å². The third-order valence-electron chi connectivity index (χ3n) is 11.6. The number of phenols is 1. The van der Waals surface area contributed by atoms with Gasteiger partial charge in [-0.15, -0.1) is 0 Å². The number of aromatic nitrogens is 2. The molecule has 0 amide bonds. The number of phenolic OH excluding ortho intramolecular Hbond substituents is 1. The maximum Gasteiger partial charge on any atom is 0.490 e. The molecule has 1 spiro atoms. The van der Waals surface area contributed by atoms with Crippen molar-refractivity contribution in [2.24, 2.45) is 5.41 Å². The van der Waals surface area contributed by atoms with Gasteiger partial charge in [-0.3, -0.25) is 4.90 Å². The first-order valence-electron chi connectivity index (χ1n) is 19.2. The molecule has 0 bridgehead atoms. The monoisotopic (exact) mass is 878 g/mol. The fourth-order valence-corrected chi connectivity index (χ4v) is 9.06. The van der Waals surface area contributed by atoms with Crippen molar-refractivity contribution in [1.82, 2.24) is 14.9 Å². The SMILES string of the molecule is CCc1c(F)ccc2cc(O)cc(-c3c(F)cc4c(N5CCCC6(CC(O)C6)C5)nc(OC[C@@]56CCCN5C[C@H](F)C6)nc4c3F)c12.O=C(O)C(F)(F)F.O=C(O)C(F)(F)F. The number of rotatable bonds is 6. The van der Waals surface area contributed by atoms with E-state index in [0.29, 0.717) is 55.5 Å². The Kier molecular flexibility index (Phi) is 12.6. The molecule has 61 heavy (non-hydrogen) atoms. The number of ether oxygens (including phenoxy) is 1. The Labute approximate surface area is 340 Å². The summed E-state index contributed by atoms with van der Waals surface area (Å²) in [7, 11) is 0. The third kappa shape index (κ3) is 9.36. The zero-order valence-electron chi connectivity index (χ0n) is 32.3. The summed E-state index contributed by atoms with van der Waals surface area (Å²) in [5.41, 5.74) is -0.857.